The maximum Gasteiger partial charge on any atom is 0.324 e. The van der Waals surface area contributed by atoms with E-state index >= 15 is 0 Å². The number of nitrogens with one attached hydrogen (secondary N) is 1. The number of hydrogen-bond acceptors (Lipinski definition) is 6. The van der Waals surface area contributed by atoms with E-state index in [1.807, 2.05) is 11.0 Å². The number of benzene rings is 1. The molecule has 3 fully saturated rings. The molecule has 0 aliphatic carbocycles. The summed E-state index contributed by atoms with van der Waals surface area (Å²) in [5, 5.41) is 3.62. The van der Waals surface area contributed by atoms with Crippen molar-refractivity contribution < 1.29 is 19.0 Å². The maximum absolute atomic E-state index is 12.7. The summed E-state index contributed by atoms with van der Waals surface area (Å²) in [5.74, 6) is 1.20. The summed E-state index contributed by atoms with van der Waals surface area (Å²) in [5.41, 5.74) is 2.11. The van der Waals surface area contributed by atoms with Crippen LogP contribution in [0.3, 0.4) is 0 Å². The molecule has 2 amide bonds. The Morgan fingerprint density at radius 1 is 1.37 bits per heavy atom. The number of fused-ring (bicyclic) bond motifs is 3. The van der Waals surface area contributed by atoms with E-state index in [9.17, 15) is 4.79 Å². The molecule has 1 N–H and O–H groups in total. The summed E-state index contributed by atoms with van der Waals surface area (Å²) < 4.78 is 17.7. The molecule has 4 heterocycles. The van der Waals surface area contributed by atoms with Gasteiger partial charge in [0.25, 0.3) is 0 Å². The molecule has 3 aliphatic heterocycles. The third kappa shape index (κ3) is 3.05. The van der Waals surface area contributed by atoms with Gasteiger partial charge in [0, 0.05) is 19.8 Å². The number of rotatable bonds is 3. The van der Waals surface area contributed by atoms with E-state index in [1.54, 1.807) is 7.11 Å². The van der Waals surface area contributed by atoms with Crippen molar-refractivity contribution in [2.75, 3.05) is 38.8 Å². The van der Waals surface area contributed by atoms with E-state index < -0.39 is 0 Å². The summed E-state index contributed by atoms with van der Waals surface area (Å²) in [6.07, 6.45) is 3.15. The van der Waals surface area contributed by atoms with Crippen molar-refractivity contribution in [2.24, 2.45) is 0 Å². The summed E-state index contributed by atoms with van der Waals surface area (Å²) >= 11 is 1.53. The van der Waals surface area contributed by atoms with Gasteiger partial charge in [-0.15, -0.1) is 0 Å². The molecule has 7 nitrogen and oxygen atoms in total. The molecule has 5 rings (SSSR count). The van der Waals surface area contributed by atoms with Crippen molar-refractivity contribution in [1.29, 1.82) is 0 Å². The number of carbonyl (C=O) groups is 1. The number of anilines is 1. The molecule has 27 heavy (non-hydrogen) atoms. The molecule has 2 atom stereocenters. The van der Waals surface area contributed by atoms with Gasteiger partial charge in [-0.05, 0) is 36.8 Å². The normalized spacial score (nSPS) is 25.3. The Hall–Kier alpha value is -1.90. The Labute approximate surface area is 161 Å². The zero-order valence-corrected chi connectivity index (χ0v) is 16.1. The number of hydrogen-bond donors (Lipinski definition) is 1. The number of thiazole rings is 1. The summed E-state index contributed by atoms with van der Waals surface area (Å²) in [6.45, 7) is 2.89. The molecule has 3 saturated heterocycles. The molecular weight excluding hydrogens is 366 g/mol. The van der Waals surface area contributed by atoms with Crippen LogP contribution in [0.2, 0.25) is 0 Å². The highest BCUT2D eigenvalue weighted by atomic mass is 32.1. The van der Waals surface area contributed by atoms with E-state index in [4.69, 9.17) is 14.2 Å². The van der Waals surface area contributed by atoms with Crippen LogP contribution in [0.5, 0.6) is 5.75 Å². The minimum atomic E-state index is -0.0866. The Morgan fingerprint density at radius 3 is 2.93 bits per heavy atom. The Bertz CT molecular complexity index is 864. The first-order valence-corrected chi connectivity index (χ1v) is 10.3. The number of morpholine rings is 1. The van der Waals surface area contributed by atoms with Crippen LogP contribution in [0, 0.1) is 0 Å². The Balaban J connectivity index is 1.44. The van der Waals surface area contributed by atoms with Gasteiger partial charge in [0.05, 0.1) is 30.6 Å². The van der Waals surface area contributed by atoms with Gasteiger partial charge < -0.3 is 19.1 Å². The van der Waals surface area contributed by atoms with E-state index in [2.05, 4.69) is 16.4 Å². The highest BCUT2D eigenvalue weighted by Crippen LogP contribution is 2.41. The SMILES string of the molecule is COc1ccc(C2CCOCC2)c2sc(NC(=O)N3CC4C[C@H]3CO4)nc12. The molecule has 0 spiro atoms. The van der Waals surface area contributed by atoms with Crippen molar-refractivity contribution in [2.45, 2.75) is 37.3 Å². The zero-order valence-electron chi connectivity index (χ0n) is 15.3. The largest absolute Gasteiger partial charge is 0.494 e. The lowest BCUT2D eigenvalue weighted by atomic mass is 9.91. The number of methoxy groups -OCH3 is 1. The highest BCUT2D eigenvalue weighted by molar-refractivity contribution is 7.22. The molecule has 144 valence electrons. The van der Waals surface area contributed by atoms with Crippen LogP contribution in [0.25, 0.3) is 10.2 Å². The lowest BCUT2D eigenvalue weighted by molar-refractivity contribution is 0.0473. The second-order valence-corrected chi connectivity index (χ2v) is 8.37. The predicted octanol–water partition coefficient (Wildman–Crippen LogP) is 3.20. The number of urea groups is 1. The second kappa shape index (κ2) is 6.92. The van der Waals surface area contributed by atoms with Crippen LogP contribution < -0.4 is 10.1 Å². The summed E-state index contributed by atoms with van der Waals surface area (Å²) in [7, 11) is 1.65. The average molecular weight is 389 g/mol. The molecule has 8 heteroatoms. The third-order valence-corrected chi connectivity index (χ3v) is 6.81. The van der Waals surface area contributed by atoms with Gasteiger partial charge >= 0.3 is 6.03 Å². The number of nitrogens with zero attached hydrogens (tertiary/aromatic N) is 2. The number of carbonyl (C=O) groups excluding carboxylic acids is 1. The summed E-state index contributed by atoms with van der Waals surface area (Å²) in [6, 6.07) is 4.22. The first kappa shape index (κ1) is 17.2. The average Bonchev–Trinajstić information content (AvgIpc) is 3.43. The van der Waals surface area contributed by atoms with Crippen molar-refractivity contribution in [3.8, 4) is 5.75 Å². The standard InChI is InChI=1S/C19H23N3O4S/c1-24-15-3-2-14(11-4-6-25-7-5-11)17-16(15)20-18(27-17)21-19(23)22-9-13-8-12(22)10-26-13/h2-3,11-13H,4-10H2,1H3,(H,20,21,23)/t12-,13?/m0/s1. The minimum absolute atomic E-state index is 0.0866. The van der Waals surface area contributed by atoms with E-state index in [-0.39, 0.29) is 18.2 Å². The van der Waals surface area contributed by atoms with Gasteiger partial charge in [0.1, 0.15) is 11.3 Å². The molecule has 0 saturated carbocycles. The summed E-state index contributed by atoms with van der Waals surface area (Å²) in [4.78, 5) is 19.3. The van der Waals surface area contributed by atoms with Crippen LogP contribution in [-0.2, 0) is 9.47 Å². The first-order chi connectivity index (χ1) is 13.2. The number of aromatic nitrogens is 1. The van der Waals surface area contributed by atoms with Gasteiger partial charge in [-0.2, -0.15) is 0 Å². The second-order valence-electron chi connectivity index (χ2n) is 7.37. The van der Waals surface area contributed by atoms with Crippen molar-refractivity contribution in [3.63, 3.8) is 0 Å². The molecule has 3 aliphatic rings. The quantitative estimate of drug-likeness (QED) is 0.873. The number of amides is 2. The predicted molar refractivity (Wildman–Crippen MR) is 103 cm³/mol. The van der Waals surface area contributed by atoms with Crippen LogP contribution in [0.1, 0.15) is 30.7 Å². The van der Waals surface area contributed by atoms with Crippen LogP contribution in [0.4, 0.5) is 9.93 Å². The lowest BCUT2D eigenvalue weighted by Crippen LogP contribution is -2.43. The molecule has 2 aromatic rings. The van der Waals surface area contributed by atoms with Crippen molar-refractivity contribution in [1.82, 2.24) is 9.88 Å². The third-order valence-electron chi connectivity index (χ3n) is 5.79. The van der Waals surface area contributed by atoms with Gasteiger partial charge in [-0.3, -0.25) is 5.32 Å². The molecule has 1 aromatic carbocycles. The lowest BCUT2D eigenvalue weighted by Gasteiger charge is -2.26. The molecule has 1 unspecified atom stereocenters. The fraction of sp³-hybridized carbons (Fsp3) is 0.579. The molecule has 1 aromatic heterocycles. The Kier molecular flexibility index (Phi) is 4.41. The highest BCUT2D eigenvalue weighted by Gasteiger charge is 2.41. The minimum Gasteiger partial charge on any atom is -0.494 e. The van der Waals surface area contributed by atoms with Crippen LogP contribution in [0.15, 0.2) is 12.1 Å². The van der Waals surface area contributed by atoms with E-state index in [0.29, 0.717) is 24.2 Å². The topological polar surface area (TPSA) is 72.9 Å². The smallest absolute Gasteiger partial charge is 0.324 e. The molecule has 2 bridgehead atoms. The fourth-order valence-corrected chi connectivity index (χ4v) is 5.43. The zero-order chi connectivity index (χ0) is 18.4. The van der Waals surface area contributed by atoms with Crippen LogP contribution in [-0.4, -0.2) is 61.5 Å². The van der Waals surface area contributed by atoms with Crippen LogP contribution >= 0.6 is 11.3 Å². The van der Waals surface area contributed by atoms with Gasteiger partial charge in [-0.25, -0.2) is 9.78 Å². The van der Waals surface area contributed by atoms with Crippen molar-refractivity contribution >= 4 is 32.7 Å². The van der Waals surface area contributed by atoms with E-state index in [0.717, 1.165) is 48.4 Å². The number of likely N-dealkylation sites (tertiary alicyclic amines) is 1. The number of ether oxygens (including phenoxy) is 3. The van der Waals surface area contributed by atoms with Gasteiger partial charge in [-0.1, -0.05) is 17.4 Å². The van der Waals surface area contributed by atoms with E-state index in [1.165, 1.54) is 16.9 Å². The van der Waals surface area contributed by atoms with Crippen molar-refractivity contribution in [3.05, 3.63) is 17.7 Å². The van der Waals surface area contributed by atoms with Gasteiger partial charge in [0.2, 0.25) is 0 Å². The molecule has 0 radical (unpaired) electrons. The van der Waals surface area contributed by atoms with Gasteiger partial charge in [0.15, 0.2) is 5.13 Å². The first-order valence-electron chi connectivity index (χ1n) is 9.47. The maximum atomic E-state index is 12.7. The molecular formula is C19H23N3O4S. The Morgan fingerprint density at radius 2 is 2.22 bits per heavy atom. The monoisotopic (exact) mass is 389 g/mol. The fourth-order valence-electron chi connectivity index (χ4n) is 4.36.